The number of benzene rings is 1. The van der Waals surface area contributed by atoms with Gasteiger partial charge in [0.05, 0.1) is 5.69 Å². The summed E-state index contributed by atoms with van der Waals surface area (Å²) in [7, 11) is 1.78. The van der Waals surface area contributed by atoms with Crippen LogP contribution in [0.1, 0.15) is 11.4 Å². The third kappa shape index (κ3) is 2.74. The zero-order chi connectivity index (χ0) is 13.1. The van der Waals surface area contributed by atoms with Crippen LogP contribution in [0.25, 0.3) is 0 Å². The maximum atomic E-state index is 13.7. The molecule has 0 amide bonds. The van der Waals surface area contributed by atoms with Crippen LogP contribution in [-0.4, -0.2) is 17.0 Å². The maximum Gasteiger partial charge on any atom is 0.146 e. The van der Waals surface area contributed by atoms with Crippen LogP contribution in [0.4, 0.5) is 21.7 Å². The van der Waals surface area contributed by atoms with E-state index in [1.165, 1.54) is 6.07 Å². The van der Waals surface area contributed by atoms with Crippen LogP contribution in [0.5, 0.6) is 0 Å². The highest BCUT2D eigenvalue weighted by Gasteiger charge is 2.05. The Morgan fingerprint density at radius 1 is 1.06 bits per heavy atom. The van der Waals surface area contributed by atoms with E-state index in [-0.39, 0.29) is 5.82 Å². The van der Waals surface area contributed by atoms with E-state index >= 15 is 0 Å². The van der Waals surface area contributed by atoms with Gasteiger partial charge >= 0.3 is 0 Å². The lowest BCUT2D eigenvalue weighted by molar-refractivity contribution is 0.630. The maximum absolute atomic E-state index is 13.7. The average Bonchev–Trinajstić information content (AvgIpc) is 2.32. The summed E-state index contributed by atoms with van der Waals surface area (Å²) in [5, 5.41) is 5.88. The second kappa shape index (κ2) is 5.00. The molecule has 0 unspecified atom stereocenters. The summed E-state index contributed by atoms with van der Waals surface area (Å²) in [5.74, 6) is 1.58. The summed E-state index contributed by atoms with van der Waals surface area (Å²) in [6, 6.07) is 6.75. The van der Waals surface area contributed by atoms with Gasteiger partial charge in [0.2, 0.25) is 0 Å². The van der Waals surface area contributed by atoms with Crippen molar-refractivity contribution in [1.29, 1.82) is 0 Å². The average molecular weight is 246 g/mol. The van der Waals surface area contributed by atoms with Crippen LogP contribution in [0.3, 0.4) is 0 Å². The first-order valence-electron chi connectivity index (χ1n) is 5.65. The molecule has 1 aromatic heterocycles. The number of halogens is 1. The smallest absolute Gasteiger partial charge is 0.146 e. The SMILES string of the molecule is CNc1cc(Nc2ccc(C)cc2F)nc(C)n1. The summed E-state index contributed by atoms with van der Waals surface area (Å²) in [5.41, 5.74) is 1.29. The van der Waals surface area contributed by atoms with Gasteiger partial charge in [-0.15, -0.1) is 0 Å². The number of anilines is 3. The lowest BCUT2D eigenvalue weighted by Gasteiger charge is -2.09. The Balaban J connectivity index is 2.30. The standard InChI is InChI=1S/C13H15FN4/c1-8-4-5-11(10(14)6-8)18-13-7-12(15-3)16-9(2)17-13/h4-7H,1-3H3,(H2,15,16,17,18). The Morgan fingerprint density at radius 3 is 2.44 bits per heavy atom. The molecule has 0 radical (unpaired) electrons. The van der Waals surface area contributed by atoms with Crippen LogP contribution >= 0.6 is 0 Å². The van der Waals surface area contributed by atoms with E-state index in [0.717, 1.165) is 5.56 Å². The van der Waals surface area contributed by atoms with Gasteiger partial charge in [-0.3, -0.25) is 0 Å². The molecule has 18 heavy (non-hydrogen) atoms. The van der Waals surface area contributed by atoms with Crippen molar-refractivity contribution in [3.63, 3.8) is 0 Å². The van der Waals surface area contributed by atoms with Gasteiger partial charge in [-0.2, -0.15) is 0 Å². The summed E-state index contributed by atoms with van der Waals surface area (Å²) >= 11 is 0. The number of aryl methyl sites for hydroxylation is 2. The second-order valence-electron chi connectivity index (χ2n) is 4.04. The summed E-state index contributed by atoms with van der Waals surface area (Å²) in [4.78, 5) is 8.39. The fraction of sp³-hybridized carbons (Fsp3) is 0.231. The first-order chi connectivity index (χ1) is 8.58. The Bertz CT molecular complexity index is 569. The predicted molar refractivity (Wildman–Crippen MR) is 70.7 cm³/mol. The molecule has 2 aromatic rings. The number of nitrogens with one attached hydrogen (secondary N) is 2. The van der Waals surface area contributed by atoms with Crippen LogP contribution in [0.2, 0.25) is 0 Å². The van der Waals surface area contributed by atoms with E-state index in [9.17, 15) is 4.39 Å². The van der Waals surface area contributed by atoms with Crippen molar-refractivity contribution in [1.82, 2.24) is 9.97 Å². The first-order valence-corrected chi connectivity index (χ1v) is 5.65. The molecule has 0 atom stereocenters. The Kier molecular flexibility index (Phi) is 3.41. The zero-order valence-corrected chi connectivity index (χ0v) is 10.6. The third-order valence-electron chi connectivity index (χ3n) is 2.48. The van der Waals surface area contributed by atoms with Crippen LogP contribution in [0.15, 0.2) is 24.3 Å². The monoisotopic (exact) mass is 246 g/mol. The molecule has 2 N–H and O–H groups in total. The number of aromatic nitrogens is 2. The molecule has 1 aromatic carbocycles. The molecule has 0 saturated heterocycles. The van der Waals surface area contributed by atoms with Crippen LogP contribution < -0.4 is 10.6 Å². The van der Waals surface area contributed by atoms with Crippen molar-refractivity contribution < 1.29 is 4.39 Å². The minimum atomic E-state index is -0.294. The van der Waals surface area contributed by atoms with Gasteiger partial charge in [-0.05, 0) is 31.5 Å². The number of rotatable bonds is 3. The Morgan fingerprint density at radius 2 is 1.78 bits per heavy atom. The molecule has 0 aliphatic carbocycles. The minimum absolute atomic E-state index is 0.294. The van der Waals surface area contributed by atoms with E-state index in [1.807, 2.05) is 13.0 Å². The van der Waals surface area contributed by atoms with Crippen molar-refractivity contribution in [3.05, 3.63) is 41.5 Å². The molecule has 2 rings (SSSR count). The molecule has 0 bridgehead atoms. The first kappa shape index (κ1) is 12.3. The molecule has 5 heteroatoms. The fourth-order valence-corrected chi connectivity index (χ4v) is 1.62. The lowest BCUT2D eigenvalue weighted by Crippen LogP contribution is -2.02. The van der Waals surface area contributed by atoms with Crippen molar-refractivity contribution in [2.75, 3.05) is 17.7 Å². The molecule has 0 aliphatic heterocycles. The third-order valence-corrected chi connectivity index (χ3v) is 2.48. The summed E-state index contributed by atoms with van der Waals surface area (Å²) in [6.45, 7) is 3.64. The molecule has 4 nitrogen and oxygen atoms in total. The van der Waals surface area contributed by atoms with E-state index in [4.69, 9.17) is 0 Å². The molecule has 94 valence electrons. The highest BCUT2D eigenvalue weighted by Crippen LogP contribution is 2.21. The molecule has 1 heterocycles. The summed E-state index contributed by atoms with van der Waals surface area (Å²) in [6.07, 6.45) is 0. The minimum Gasteiger partial charge on any atom is -0.373 e. The van der Waals surface area contributed by atoms with E-state index in [0.29, 0.717) is 23.1 Å². The molecule has 0 aliphatic rings. The van der Waals surface area contributed by atoms with Gasteiger partial charge in [0.15, 0.2) is 0 Å². The Labute approximate surface area is 105 Å². The van der Waals surface area contributed by atoms with Gasteiger partial charge in [0.25, 0.3) is 0 Å². The van der Waals surface area contributed by atoms with Gasteiger partial charge in [0.1, 0.15) is 23.3 Å². The highest BCUT2D eigenvalue weighted by molar-refractivity contribution is 5.60. The largest absolute Gasteiger partial charge is 0.373 e. The van der Waals surface area contributed by atoms with Gasteiger partial charge in [0, 0.05) is 13.1 Å². The lowest BCUT2D eigenvalue weighted by atomic mass is 10.2. The molecule has 0 spiro atoms. The summed E-state index contributed by atoms with van der Waals surface area (Å²) < 4.78 is 13.7. The van der Waals surface area contributed by atoms with Gasteiger partial charge < -0.3 is 10.6 Å². The van der Waals surface area contributed by atoms with Gasteiger partial charge in [-0.25, -0.2) is 14.4 Å². The fourth-order valence-electron chi connectivity index (χ4n) is 1.62. The molecule has 0 saturated carbocycles. The molecular weight excluding hydrogens is 231 g/mol. The van der Waals surface area contributed by atoms with Crippen LogP contribution in [0, 0.1) is 19.7 Å². The number of nitrogens with zero attached hydrogens (tertiary/aromatic N) is 2. The normalized spacial score (nSPS) is 10.2. The zero-order valence-electron chi connectivity index (χ0n) is 10.6. The predicted octanol–water partition coefficient (Wildman–Crippen LogP) is 3.02. The van der Waals surface area contributed by atoms with E-state index in [2.05, 4.69) is 20.6 Å². The van der Waals surface area contributed by atoms with Gasteiger partial charge in [-0.1, -0.05) is 6.07 Å². The Hall–Kier alpha value is -2.17. The highest BCUT2D eigenvalue weighted by atomic mass is 19.1. The quantitative estimate of drug-likeness (QED) is 0.874. The second-order valence-corrected chi connectivity index (χ2v) is 4.04. The topological polar surface area (TPSA) is 49.8 Å². The van der Waals surface area contributed by atoms with Crippen molar-refractivity contribution in [3.8, 4) is 0 Å². The van der Waals surface area contributed by atoms with Crippen LogP contribution in [-0.2, 0) is 0 Å². The van der Waals surface area contributed by atoms with E-state index in [1.54, 1.807) is 26.1 Å². The van der Waals surface area contributed by atoms with E-state index < -0.39 is 0 Å². The number of hydrogen-bond acceptors (Lipinski definition) is 4. The van der Waals surface area contributed by atoms with Crippen molar-refractivity contribution in [2.45, 2.75) is 13.8 Å². The van der Waals surface area contributed by atoms with Crippen molar-refractivity contribution in [2.24, 2.45) is 0 Å². The number of hydrogen-bond donors (Lipinski definition) is 2. The van der Waals surface area contributed by atoms with Crippen molar-refractivity contribution >= 4 is 17.3 Å². The molecule has 0 fully saturated rings. The molecular formula is C13H15FN4.